The van der Waals surface area contributed by atoms with Crippen molar-refractivity contribution in [3.8, 4) is 55.6 Å². The molecule has 0 unspecified atom stereocenters. The molecule has 9 aromatic rings. The van der Waals surface area contributed by atoms with Crippen molar-refractivity contribution in [1.29, 1.82) is 0 Å². The lowest BCUT2D eigenvalue weighted by atomic mass is 9.66. The average molecular weight is 752 g/mol. The maximum Gasteiger partial charge on any atom is 0.0726 e. The Kier molecular flexibility index (Phi) is 7.26. The monoisotopic (exact) mass is 751 g/mol. The van der Waals surface area contributed by atoms with Crippen molar-refractivity contribution >= 4 is 17.1 Å². The maximum atomic E-state index is 2.51. The first-order valence-electron chi connectivity index (χ1n) is 20.8. The molecule has 12 rings (SSSR count). The van der Waals surface area contributed by atoms with Gasteiger partial charge in [0.25, 0.3) is 0 Å². The number of rotatable bonds is 4. The molecule has 0 atom stereocenters. The van der Waals surface area contributed by atoms with Crippen LogP contribution in [0.25, 0.3) is 55.6 Å². The Hall–Kier alpha value is -7.22. The fourth-order valence-corrected chi connectivity index (χ4v) is 10.9. The van der Waals surface area contributed by atoms with E-state index >= 15 is 0 Å². The Balaban J connectivity index is 1.13. The van der Waals surface area contributed by atoms with Crippen molar-refractivity contribution in [3.05, 3.63) is 246 Å². The van der Waals surface area contributed by atoms with Gasteiger partial charge in [0.05, 0.1) is 5.41 Å². The van der Waals surface area contributed by atoms with E-state index in [1.165, 1.54) is 89.0 Å². The van der Waals surface area contributed by atoms with Gasteiger partial charge in [-0.15, -0.1) is 0 Å². The Morgan fingerprint density at radius 2 is 0.627 bits per heavy atom. The fraction of sp³-hybridized carbons (Fsp3) is 0.0690. The molecule has 3 aliphatic carbocycles. The number of benzene rings is 9. The summed E-state index contributed by atoms with van der Waals surface area (Å²) < 4.78 is 0. The van der Waals surface area contributed by atoms with Gasteiger partial charge in [0.2, 0.25) is 0 Å². The standard InChI is InChI=1S/C58H41N/c1-57(2)51-24-12-8-22-47(51)49-34-32-41(36-55(49)57)59(40-30-28-39(29-31-40)38-16-4-3-5-17-38)42-33-35-50-48-23-11-15-27-54(48)58(56(50)37-42)52-25-13-9-20-45(52)43-18-6-7-19-44(43)46-21-10-14-26-53(46)58/h3-37H,1-2H3. The van der Waals surface area contributed by atoms with E-state index in [0.717, 1.165) is 17.1 Å². The lowest BCUT2D eigenvalue weighted by Gasteiger charge is -2.36. The van der Waals surface area contributed by atoms with Crippen LogP contribution in [0.2, 0.25) is 0 Å². The third kappa shape index (κ3) is 4.73. The molecular weight excluding hydrogens is 711 g/mol. The first-order chi connectivity index (χ1) is 29.0. The van der Waals surface area contributed by atoms with E-state index in [9.17, 15) is 0 Å². The number of anilines is 3. The molecule has 0 fully saturated rings. The predicted octanol–water partition coefficient (Wildman–Crippen LogP) is 15.1. The van der Waals surface area contributed by atoms with E-state index in [0.29, 0.717) is 0 Å². The molecule has 0 N–H and O–H groups in total. The van der Waals surface area contributed by atoms with Crippen molar-refractivity contribution in [1.82, 2.24) is 0 Å². The summed E-state index contributed by atoms with van der Waals surface area (Å²) in [5.41, 5.74) is 23.5. The predicted molar refractivity (Wildman–Crippen MR) is 246 cm³/mol. The normalized spacial score (nSPS) is 14.2. The van der Waals surface area contributed by atoms with E-state index in [1.54, 1.807) is 0 Å². The zero-order chi connectivity index (χ0) is 39.3. The second kappa shape index (κ2) is 12.6. The van der Waals surface area contributed by atoms with Crippen molar-refractivity contribution in [2.75, 3.05) is 4.90 Å². The number of hydrogen-bond acceptors (Lipinski definition) is 1. The fourth-order valence-electron chi connectivity index (χ4n) is 10.9. The summed E-state index contributed by atoms with van der Waals surface area (Å²) in [4.78, 5) is 2.48. The van der Waals surface area contributed by atoms with Crippen molar-refractivity contribution in [2.45, 2.75) is 24.7 Å². The molecule has 0 aromatic heterocycles. The van der Waals surface area contributed by atoms with Crippen molar-refractivity contribution in [3.63, 3.8) is 0 Å². The van der Waals surface area contributed by atoms with Crippen LogP contribution in [0.3, 0.4) is 0 Å². The molecule has 0 saturated carbocycles. The van der Waals surface area contributed by atoms with E-state index < -0.39 is 5.41 Å². The molecule has 0 saturated heterocycles. The molecule has 0 aliphatic heterocycles. The molecule has 0 bridgehead atoms. The van der Waals surface area contributed by atoms with Gasteiger partial charge in [-0.1, -0.05) is 190 Å². The zero-order valence-corrected chi connectivity index (χ0v) is 33.2. The zero-order valence-electron chi connectivity index (χ0n) is 33.2. The van der Waals surface area contributed by atoms with Crippen LogP contribution in [0.15, 0.2) is 212 Å². The first kappa shape index (κ1) is 33.9. The minimum absolute atomic E-state index is 0.128. The Morgan fingerprint density at radius 1 is 0.271 bits per heavy atom. The van der Waals surface area contributed by atoms with E-state index in [4.69, 9.17) is 0 Å². The van der Waals surface area contributed by atoms with Gasteiger partial charge in [0.15, 0.2) is 0 Å². The molecule has 278 valence electrons. The van der Waals surface area contributed by atoms with Crippen LogP contribution >= 0.6 is 0 Å². The van der Waals surface area contributed by atoms with Crippen LogP contribution < -0.4 is 4.90 Å². The van der Waals surface area contributed by atoms with Crippen LogP contribution in [-0.4, -0.2) is 0 Å². The first-order valence-corrected chi connectivity index (χ1v) is 20.8. The molecule has 1 spiro atoms. The summed E-state index contributed by atoms with van der Waals surface area (Å²) in [7, 11) is 0. The molecule has 59 heavy (non-hydrogen) atoms. The van der Waals surface area contributed by atoms with Crippen molar-refractivity contribution in [2.24, 2.45) is 0 Å². The topological polar surface area (TPSA) is 3.24 Å². The summed E-state index contributed by atoms with van der Waals surface area (Å²) in [6.45, 7) is 4.74. The molecule has 0 heterocycles. The van der Waals surface area contributed by atoms with Crippen LogP contribution in [-0.2, 0) is 10.8 Å². The Labute approximate surface area is 346 Å². The van der Waals surface area contributed by atoms with Crippen LogP contribution in [0.5, 0.6) is 0 Å². The summed E-state index contributed by atoms with van der Waals surface area (Å²) >= 11 is 0. The largest absolute Gasteiger partial charge is 0.310 e. The molecule has 9 aromatic carbocycles. The quantitative estimate of drug-likeness (QED) is 0.173. The highest BCUT2D eigenvalue weighted by Crippen LogP contribution is 2.62. The summed E-state index contributed by atoms with van der Waals surface area (Å²) in [6, 6.07) is 79.5. The minimum atomic E-state index is -0.557. The van der Waals surface area contributed by atoms with E-state index in [1.807, 2.05) is 0 Å². The molecule has 0 radical (unpaired) electrons. The molecule has 0 amide bonds. The second-order valence-electron chi connectivity index (χ2n) is 16.8. The number of fused-ring (bicyclic) bond motifs is 15. The van der Waals surface area contributed by atoms with Crippen molar-refractivity contribution < 1.29 is 0 Å². The van der Waals surface area contributed by atoms with Gasteiger partial charge in [-0.2, -0.15) is 0 Å². The van der Waals surface area contributed by atoms with Gasteiger partial charge in [0.1, 0.15) is 0 Å². The van der Waals surface area contributed by atoms with Gasteiger partial charge in [-0.3, -0.25) is 0 Å². The SMILES string of the molecule is CC1(C)c2ccccc2-c2ccc(N(c3ccc(-c4ccccc4)cc3)c3ccc4c(c3)C3(c5ccccc5-c5ccccc5-c5ccccc53)c3ccccc3-4)cc21. The van der Waals surface area contributed by atoms with Gasteiger partial charge >= 0.3 is 0 Å². The molecule has 1 heteroatoms. The molecule has 1 nitrogen and oxygen atoms in total. The van der Waals surface area contributed by atoms with E-state index in [-0.39, 0.29) is 5.41 Å². The average Bonchev–Trinajstić information content (AvgIpc) is 3.67. The Morgan fingerprint density at radius 3 is 1.17 bits per heavy atom. The summed E-state index contributed by atoms with van der Waals surface area (Å²) in [6.07, 6.45) is 0. The lowest BCUT2D eigenvalue weighted by molar-refractivity contribution is 0.660. The maximum absolute atomic E-state index is 2.51. The van der Waals surface area contributed by atoms with Crippen LogP contribution in [0.1, 0.15) is 47.2 Å². The highest BCUT2D eigenvalue weighted by atomic mass is 15.1. The van der Waals surface area contributed by atoms with Gasteiger partial charge in [-0.25, -0.2) is 0 Å². The smallest absolute Gasteiger partial charge is 0.0726 e. The highest BCUT2D eigenvalue weighted by molar-refractivity contribution is 5.98. The second-order valence-corrected chi connectivity index (χ2v) is 16.8. The number of nitrogens with zero attached hydrogens (tertiary/aromatic N) is 1. The number of hydrogen-bond donors (Lipinski definition) is 0. The summed E-state index contributed by atoms with van der Waals surface area (Å²) in [5.74, 6) is 0. The van der Waals surface area contributed by atoms with Gasteiger partial charge in [0, 0.05) is 22.5 Å². The molecule has 3 aliphatic rings. The summed E-state index contributed by atoms with van der Waals surface area (Å²) in [5, 5.41) is 0. The van der Waals surface area contributed by atoms with Crippen LogP contribution in [0, 0.1) is 0 Å². The third-order valence-electron chi connectivity index (χ3n) is 13.5. The van der Waals surface area contributed by atoms with Gasteiger partial charge < -0.3 is 4.90 Å². The highest BCUT2D eigenvalue weighted by Gasteiger charge is 2.50. The molecular formula is C58H41N. The third-order valence-corrected chi connectivity index (χ3v) is 13.5. The van der Waals surface area contributed by atoms with E-state index in [2.05, 4.69) is 231 Å². The Bertz CT molecular complexity index is 3070. The van der Waals surface area contributed by atoms with Crippen LogP contribution in [0.4, 0.5) is 17.1 Å². The van der Waals surface area contributed by atoms with Gasteiger partial charge in [-0.05, 0) is 125 Å². The minimum Gasteiger partial charge on any atom is -0.310 e. The lowest BCUT2D eigenvalue weighted by Crippen LogP contribution is -2.29.